The van der Waals surface area contributed by atoms with Gasteiger partial charge in [0, 0.05) is 26.2 Å². The molecule has 78 heavy (non-hydrogen) atoms. The van der Waals surface area contributed by atoms with Crippen LogP contribution < -0.4 is 26.0 Å². The fourth-order valence-electron chi connectivity index (χ4n) is 7.64. The van der Waals surface area contributed by atoms with E-state index in [0.717, 1.165) is 58.8 Å². The molecule has 396 valence electrons. The van der Waals surface area contributed by atoms with Crippen LogP contribution in [-0.2, 0) is 32.1 Å². The van der Waals surface area contributed by atoms with Crippen molar-refractivity contribution in [3.63, 3.8) is 0 Å². The van der Waals surface area contributed by atoms with E-state index in [-0.39, 0.29) is 18.2 Å². The number of anilines is 4. The second-order valence-corrected chi connectivity index (χ2v) is 16.6. The summed E-state index contributed by atoms with van der Waals surface area (Å²) < 4.78 is 69.6. The Kier molecular flexibility index (Phi) is 17.1. The molecule has 0 atom stereocenters. The summed E-state index contributed by atoms with van der Waals surface area (Å²) in [5, 5.41) is 12.6. The van der Waals surface area contributed by atoms with E-state index in [1.807, 2.05) is 30.3 Å². The van der Waals surface area contributed by atoms with Crippen LogP contribution in [0.5, 0.6) is 5.75 Å². The number of methoxy groups -OCH3 is 1. The van der Waals surface area contributed by atoms with Gasteiger partial charge in [-0.3, -0.25) is 0 Å². The number of aromatic nitrogens is 16. The number of nitrogens with zero attached hydrogens (tertiary/aromatic N) is 12. The third kappa shape index (κ3) is 13.9. The number of halogens is 5. The lowest BCUT2D eigenvalue weighted by atomic mass is 10.1. The van der Waals surface area contributed by atoms with Gasteiger partial charge in [0.15, 0.2) is 45.9 Å². The lowest BCUT2D eigenvalue weighted by Gasteiger charge is -2.10. The van der Waals surface area contributed by atoms with E-state index in [2.05, 4.69) is 107 Å². The summed E-state index contributed by atoms with van der Waals surface area (Å²) >= 11 is 0. The first-order valence-corrected chi connectivity index (χ1v) is 23.9. The molecule has 8 aromatic heterocycles. The van der Waals surface area contributed by atoms with Crippen molar-refractivity contribution in [3.05, 3.63) is 187 Å². The third-order valence-corrected chi connectivity index (χ3v) is 11.4. The van der Waals surface area contributed by atoms with Crippen LogP contribution in [0.4, 0.5) is 45.2 Å². The first-order valence-electron chi connectivity index (χ1n) is 23.9. The maximum atomic E-state index is 13.4. The SMILES string of the molecule is COc1cccc(CCNc2ncnc3nc[nH]c23)c1.FC(F)(F)c1cccc(CNc2ncnc3nc[nH]c23)c1.Fc1cccc(CNc2ncnc3nc[nH]c23)c1.Fc1ccccc1CCNc1ncnc2nc[nH]c12. The number of alkyl halides is 3. The van der Waals surface area contributed by atoms with Crippen LogP contribution in [0.15, 0.2) is 148 Å². The number of hydrogen-bond acceptors (Lipinski definition) is 17. The first-order chi connectivity index (χ1) is 38.1. The van der Waals surface area contributed by atoms with Crippen molar-refractivity contribution < 1.29 is 26.7 Å². The largest absolute Gasteiger partial charge is 0.497 e. The van der Waals surface area contributed by atoms with Gasteiger partial charge in [0.05, 0.1) is 38.0 Å². The number of fused-ring (bicyclic) bond motifs is 4. The van der Waals surface area contributed by atoms with Gasteiger partial charge in [-0.15, -0.1) is 0 Å². The van der Waals surface area contributed by atoms with E-state index in [1.54, 1.807) is 50.4 Å². The zero-order valence-corrected chi connectivity index (χ0v) is 41.3. The molecule has 0 fully saturated rings. The Labute approximate surface area is 439 Å². The number of hydrogen-bond donors (Lipinski definition) is 8. The highest BCUT2D eigenvalue weighted by atomic mass is 19.4. The van der Waals surface area contributed by atoms with E-state index in [4.69, 9.17) is 4.74 Å². The van der Waals surface area contributed by atoms with Crippen LogP contribution in [-0.4, -0.2) is 99.9 Å². The summed E-state index contributed by atoms with van der Waals surface area (Å²) in [7, 11) is 1.67. The van der Waals surface area contributed by atoms with E-state index >= 15 is 0 Å². The summed E-state index contributed by atoms with van der Waals surface area (Å²) in [5.41, 5.74) is 7.92. The summed E-state index contributed by atoms with van der Waals surface area (Å²) in [6.07, 6.45) is 9.11. The van der Waals surface area contributed by atoms with Gasteiger partial charge in [0.1, 0.15) is 64.8 Å². The minimum atomic E-state index is -4.35. The van der Waals surface area contributed by atoms with Crippen molar-refractivity contribution in [2.45, 2.75) is 32.1 Å². The van der Waals surface area contributed by atoms with Crippen molar-refractivity contribution in [3.8, 4) is 5.75 Å². The van der Waals surface area contributed by atoms with Crippen LogP contribution in [0.2, 0.25) is 0 Å². The molecule has 12 aromatic rings. The number of benzene rings is 4. The molecule has 0 radical (unpaired) electrons. The van der Waals surface area contributed by atoms with Crippen LogP contribution in [0.25, 0.3) is 44.7 Å². The lowest BCUT2D eigenvalue weighted by molar-refractivity contribution is -0.137. The molecule has 0 unspecified atom stereocenters. The Bertz CT molecular complexity index is 3840. The molecule has 0 saturated carbocycles. The number of imidazole rings is 4. The molecule has 0 aliphatic heterocycles. The Balaban J connectivity index is 0.000000127. The summed E-state index contributed by atoms with van der Waals surface area (Å²) in [6, 6.07) is 26.4. The van der Waals surface area contributed by atoms with Gasteiger partial charge in [-0.2, -0.15) is 13.2 Å². The second kappa shape index (κ2) is 25.3. The lowest BCUT2D eigenvalue weighted by Crippen LogP contribution is -2.08. The fourth-order valence-corrected chi connectivity index (χ4v) is 7.64. The molecule has 0 aliphatic carbocycles. The average molecular weight is 1060 g/mol. The van der Waals surface area contributed by atoms with Crippen LogP contribution >= 0.6 is 0 Å². The van der Waals surface area contributed by atoms with Gasteiger partial charge in [-0.1, -0.05) is 54.6 Å². The summed E-state index contributed by atoms with van der Waals surface area (Å²) in [4.78, 5) is 60.7. The molecule has 0 saturated heterocycles. The van der Waals surface area contributed by atoms with Crippen molar-refractivity contribution in [1.82, 2.24) is 79.7 Å². The molecule has 4 aromatic carbocycles. The van der Waals surface area contributed by atoms with Crippen LogP contribution in [0.3, 0.4) is 0 Å². The van der Waals surface area contributed by atoms with Crippen molar-refractivity contribution >= 4 is 67.9 Å². The van der Waals surface area contributed by atoms with Crippen LogP contribution in [0.1, 0.15) is 27.8 Å². The van der Waals surface area contributed by atoms with Gasteiger partial charge < -0.3 is 45.9 Å². The molecule has 8 heterocycles. The highest BCUT2D eigenvalue weighted by Gasteiger charge is 2.30. The molecule has 21 nitrogen and oxygen atoms in total. The summed E-state index contributed by atoms with van der Waals surface area (Å²) in [5.74, 6) is 3.05. The number of ether oxygens (including phenoxy) is 1. The predicted molar refractivity (Wildman–Crippen MR) is 283 cm³/mol. The van der Waals surface area contributed by atoms with Gasteiger partial charge in [-0.05, 0) is 77.6 Å². The molecule has 8 N–H and O–H groups in total. The number of rotatable bonds is 15. The Morgan fingerprint density at radius 2 is 0.897 bits per heavy atom. The first kappa shape index (κ1) is 52.6. The van der Waals surface area contributed by atoms with Gasteiger partial charge in [0.2, 0.25) is 0 Å². The molecule has 0 aliphatic rings. The highest BCUT2D eigenvalue weighted by Crippen LogP contribution is 2.30. The topological polar surface area (TPSA) is 275 Å². The van der Waals surface area contributed by atoms with E-state index in [1.165, 1.54) is 61.5 Å². The minimum absolute atomic E-state index is 0.182. The van der Waals surface area contributed by atoms with Gasteiger partial charge in [-0.25, -0.2) is 68.6 Å². The quantitative estimate of drug-likeness (QED) is 0.0444. The van der Waals surface area contributed by atoms with Gasteiger partial charge in [0.25, 0.3) is 0 Å². The van der Waals surface area contributed by atoms with Gasteiger partial charge >= 0.3 is 6.18 Å². The number of aromatic amines is 4. The maximum Gasteiger partial charge on any atom is 0.416 e. The maximum absolute atomic E-state index is 13.4. The molecule has 12 rings (SSSR count). The van der Waals surface area contributed by atoms with E-state index < -0.39 is 11.7 Å². The monoisotopic (exact) mass is 1060 g/mol. The number of H-pyrrole nitrogens is 4. The molecule has 0 spiro atoms. The minimum Gasteiger partial charge on any atom is -0.497 e. The second-order valence-electron chi connectivity index (χ2n) is 16.6. The van der Waals surface area contributed by atoms with Crippen molar-refractivity contribution in [1.29, 1.82) is 0 Å². The molecule has 0 amide bonds. The number of nitrogens with one attached hydrogen (secondary N) is 8. The average Bonchev–Trinajstić information content (AvgIpc) is 4.34. The Morgan fingerprint density at radius 1 is 0.449 bits per heavy atom. The van der Waals surface area contributed by atoms with Crippen molar-refractivity contribution in [2.24, 2.45) is 0 Å². The standard InChI is InChI=1S/C14H15N5O.C13H10F3N5.C13H12FN5.C12H10FN5/c1-20-11-4-2-3-10(7-11)5-6-15-13-12-14(17-8-16-12)19-9-18-13;14-13(15,16)9-3-1-2-8(4-9)5-17-11-10-12(19-6-18-10)21-7-20-11;14-10-4-2-1-3-9(10)5-6-15-12-11-13(17-7-16-11)19-8-18-12;13-9-3-1-2-8(4-9)5-14-11-10-12(16-6-15-10)18-7-17-11/h2-4,7-9H,5-6H2,1H3,(H2,15,16,17,18,19);1-4,6-7H,5H2,(H2,17,18,19,20,21);1-4,7-8H,5-6H2,(H2,15,16,17,18,19);1-4,6-7H,5H2,(H2,14,15,16,17,18). The molecular formula is C52H47F5N20O. The molecular weight excluding hydrogens is 1020 g/mol. The highest BCUT2D eigenvalue weighted by molar-refractivity contribution is 5.84. The zero-order chi connectivity index (χ0) is 54.1. The predicted octanol–water partition coefficient (Wildman–Crippen LogP) is 9.25. The van der Waals surface area contributed by atoms with E-state index in [0.29, 0.717) is 76.2 Å². The van der Waals surface area contributed by atoms with Crippen LogP contribution in [0, 0.1) is 11.6 Å². The third-order valence-electron chi connectivity index (χ3n) is 11.4. The normalized spacial score (nSPS) is 11.0. The Hall–Kier alpha value is -10.3. The molecule has 26 heteroatoms. The Morgan fingerprint density at radius 3 is 1.38 bits per heavy atom. The van der Waals surface area contributed by atoms with E-state index in [9.17, 15) is 22.0 Å². The van der Waals surface area contributed by atoms with Crippen molar-refractivity contribution in [2.75, 3.05) is 41.5 Å². The fraction of sp³-hybridized carbons (Fsp3) is 0.154. The summed E-state index contributed by atoms with van der Waals surface area (Å²) in [6.45, 7) is 2.07. The molecule has 0 bridgehead atoms. The zero-order valence-electron chi connectivity index (χ0n) is 41.3. The smallest absolute Gasteiger partial charge is 0.416 e.